The van der Waals surface area contributed by atoms with E-state index in [1.807, 2.05) is 11.9 Å². The van der Waals surface area contributed by atoms with E-state index in [0.29, 0.717) is 5.91 Å². The maximum atomic E-state index is 10.5. The molecule has 0 N–H and O–H groups in total. The molecule has 4 nitrogen and oxygen atoms in total. The van der Waals surface area contributed by atoms with Crippen molar-refractivity contribution in [3.8, 4) is 0 Å². The van der Waals surface area contributed by atoms with Crippen LogP contribution in [0.5, 0.6) is 0 Å². The Labute approximate surface area is 111 Å². The van der Waals surface area contributed by atoms with Crippen molar-refractivity contribution in [2.45, 2.75) is 52.4 Å². The molecule has 18 heavy (non-hydrogen) atoms. The Kier molecular flexibility index (Phi) is 10.4. The number of rotatable bonds is 7. The number of carbonyl (C=O) groups is 2. The number of nitrogens with zero attached hydrogens (tertiary/aromatic N) is 2. The van der Waals surface area contributed by atoms with Gasteiger partial charge in [0.25, 0.3) is 0 Å². The van der Waals surface area contributed by atoms with Crippen molar-refractivity contribution in [3.63, 3.8) is 0 Å². The Morgan fingerprint density at radius 2 is 1.78 bits per heavy atom. The first-order valence-corrected chi connectivity index (χ1v) is 7.09. The summed E-state index contributed by atoms with van der Waals surface area (Å²) in [5.74, 6) is 0.292. The van der Waals surface area contributed by atoms with Crippen molar-refractivity contribution in [2.75, 3.05) is 26.7 Å². The van der Waals surface area contributed by atoms with Gasteiger partial charge in [-0.25, -0.2) is 0 Å². The first-order chi connectivity index (χ1) is 8.65. The van der Waals surface area contributed by atoms with E-state index in [1.165, 1.54) is 0 Å². The quantitative estimate of drug-likeness (QED) is 0.656. The minimum atomic E-state index is 0.292. The smallest absolute Gasteiger partial charge is 0.222 e. The van der Waals surface area contributed by atoms with Crippen LogP contribution in [0.3, 0.4) is 0 Å². The molecule has 0 aromatic rings. The molecule has 1 fully saturated rings. The molecule has 1 aliphatic rings. The van der Waals surface area contributed by atoms with Gasteiger partial charge in [0.05, 0.1) is 0 Å². The summed E-state index contributed by atoms with van der Waals surface area (Å²) in [6.07, 6.45) is 7.36. The van der Waals surface area contributed by atoms with Crippen LogP contribution in [0.2, 0.25) is 0 Å². The van der Waals surface area contributed by atoms with Crippen molar-refractivity contribution in [1.29, 1.82) is 0 Å². The number of hydrogen-bond acceptors (Lipinski definition) is 2. The van der Waals surface area contributed by atoms with Gasteiger partial charge in [-0.05, 0) is 19.3 Å². The van der Waals surface area contributed by atoms with Crippen LogP contribution < -0.4 is 0 Å². The van der Waals surface area contributed by atoms with Crippen LogP contribution in [0.1, 0.15) is 52.4 Å². The van der Waals surface area contributed by atoms with Gasteiger partial charge in [-0.15, -0.1) is 0 Å². The molecule has 0 atom stereocenters. The molecule has 0 radical (unpaired) electrons. The maximum absolute atomic E-state index is 10.5. The third-order valence-corrected chi connectivity index (χ3v) is 3.06. The van der Waals surface area contributed by atoms with E-state index < -0.39 is 0 Å². The standard InChI is InChI=1S/C9H19NO.C5H9NO/c1-3-5-7-10(9-11)8-6-4-2;1-6-4-2-3-5(6)7/h9H,3-8H2,1-2H3;2-4H2,1H3. The monoisotopic (exact) mass is 256 g/mol. The lowest BCUT2D eigenvalue weighted by Gasteiger charge is -2.15. The Morgan fingerprint density at radius 1 is 1.22 bits per heavy atom. The fraction of sp³-hybridized carbons (Fsp3) is 0.857. The highest BCUT2D eigenvalue weighted by Crippen LogP contribution is 2.04. The molecule has 0 aromatic heterocycles. The van der Waals surface area contributed by atoms with Gasteiger partial charge in [-0.2, -0.15) is 0 Å². The molecule has 1 aliphatic heterocycles. The molecular formula is C14H28N2O2. The summed E-state index contributed by atoms with van der Waals surface area (Å²) in [5.41, 5.74) is 0. The van der Waals surface area contributed by atoms with Crippen molar-refractivity contribution >= 4 is 12.3 Å². The number of hydrogen-bond donors (Lipinski definition) is 0. The Morgan fingerprint density at radius 3 is 2.00 bits per heavy atom. The van der Waals surface area contributed by atoms with E-state index in [0.717, 1.165) is 64.6 Å². The first kappa shape index (κ1) is 16.9. The summed E-state index contributed by atoms with van der Waals surface area (Å²) < 4.78 is 0. The van der Waals surface area contributed by atoms with Gasteiger partial charge in [0.1, 0.15) is 0 Å². The van der Waals surface area contributed by atoms with E-state index in [-0.39, 0.29) is 0 Å². The summed E-state index contributed by atoms with van der Waals surface area (Å²) in [4.78, 5) is 24.6. The molecular weight excluding hydrogens is 228 g/mol. The Hall–Kier alpha value is -1.06. The van der Waals surface area contributed by atoms with Gasteiger partial charge in [-0.3, -0.25) is 9.59 Å². The maximum Gasteiger partial charge on any atom is 0.222 e. The van der Waals surface area contributed by atoms with Crippen LogP contribution in [-0.2, 0) is 9.59 Å². The second-order valence-electron chi connectivity index (χ2n) is 4.77. The molecule has 0 saturated carbocycles. The average Bonchev–Trinajstić information content (AvgIpc) is 2.75. The molecule has 2 amide bonds. The molecule has 1 saturated heterocycles. The second-order valence-corrected chi connectivity index (χ2v) is 4.77. The van der Waals surface area contributed by atoms with Gasteiger partial charge in [0, 0.05) is 33.1 Å². The fourth-order valence-corrected chi connectivity index (χ4v) is 1.72. The molecule has 4 heteroatoms. The van der Waals surface area contributed by atoms with Crippen LogP contribution >= 0.6 is 0 Å². The molecule has 106 valence electrons. The minimum absolute atomic E-state index is 0.292. The normalized spacial score (nSPS) is 14.2. The summed E-state index contributed by atoms with van der Waals surface area (Å²) in [7, 11) is 1.84. The van der Waals surface area contributed by atoms with E-state index in [4.69, 9.17) is 0 Å². The zero-order chi connectivity index (χ0) is 13.8. The highest BCUT2D eigenvalue weighted by molar-refractivity contribution is 5.77. The van der Waals surface area contributed by atoms with Crippen molar-refractivity contribution in [1.82, 2.24) is 9.80 Å². The van der Waals surface area contributed by atoms with Gasteiger partial charge >= 0.3 is 0 Å². The topological polar surface area (TPSA) is 40.6 Å². The van der Waals surface area contributed by atoms with Crippen LogP contribution in [0, 0.1) is 0 Å². The summed E-state index contributed by atoms with van der Waals surface area (Å²) in [6.45, 7) is 7.10. The first-order valence-electron chi connectivity index (χ1n) is 7.09. The van der Waals surface area contributed by atoms with Crippen LogP contribution in [0.4, 0.5) is 0 Å². The summed E-state index contributed by atoms with van der Waals surface area (Å²) in [5, 5.41) is 0. The Bertz CT molecular complexity index is 224. The fourth-order valence-electron chi connectivity index (χ4n) is 1.72. The summed E-state index contributed by atoms with van der Waals surface area (Å²) in [6, 6.07) is 0. The zero-order valence-corrected chi connectivity index (χ0v) is 12.2. The number of carbonyl (C=O) groups excluding carboxylic acids is 2. The average molecular weight is 256 g/mol. The molecule has 0 aliphatic carbocycles. The zero-order valence-electron chi connectivity index (χ0n) is 12.2. The lowest BCUT2D eigenvalue weighted by molar-refractivity contribution is -0.126. The van der Waals surface area contributed by atoms with Gasteiger partial charge in [-0.1, -0.05) is 26.7 Å². The molecule has 1 heterocycles. The largest absolute Gasteiger partial charge is 0.346 e. The van der Waals surface area contributed by atoms with E-state index in [1.54, 1.807) is 4.90 Å². The van der Waals surface area contributed by atoms with Crippen LogP contribution in [0.15, 0.2) is 0 Å². The van der Waals surface area contributed by atoms with Gasteiger partial charge < -0.3 is 9.80 Å². The van der Waals surface area contributed by atoms with Crippen molar-refractivity contribution in [3.05, 3.63) is 0 Å². The van der Waals surface area contributed by atoms with Gasteiger partial charge in [0.2, 0.25) is 12.3 Å². The van der Waals surface area contributed by atoms with Crippen molar-refractivity contribution < 1.29 is 9.59 Å². The lowest BCUT2D eigenvalue weighted by atomic mass is 10.3. The molecule has 0 spiro atoms. The highest BCUT2D eigenvalue weighted by Gasteiger charge is 2.14. The highest BCUT2D eigenvalue weighted by atomic mass is 16.2. The predicted molar refractivity (Wildman–Crippen MR) is 74.3 cm³/mol. The molecule has 1 rings (SSSR count). The third-order valence-electron chi connectivity index (χ3n) is 3.06. The van der Waals surface area contributed by atoms with Gasteiger partial charge in [0.15, 0.2) is 0 Å². The van der Waals surface area contributed by atoms with E-state index in [9.17, 15) is 9.59 Å². The molecule has 0 aromatic carbocycles. The molecule has 0 bridgehead atoms. The molecule has 0 unspecified atom stereocenters. The van der Waals surface area contributed by atoms with E-state index in [2.05, 4.69) is 13.8 Å². The number of amides is 2. The van der Waals surface area contributed by atoms with Crippen LogP contribution in [0.25, 0.3) is 0 Å². The van der Waals surface area contributed by atoms with E-state index >= 15 is 0 Å². The predicted octanol–water partition coefficient (Wildman–Crippen LogP) is 2.28. The Balaban J connectivity index is 0.000000351. The third kappa shape index (κ3) is 8.09. The second kappa shape index (κ2) is 11.1. The summed E-state index contributed by atoms with van der Waals surface area (Å²) >= 11 is 0. The minimum Gasteiger partial charge on any atom is -0.346 e. The van der Waals surface area contributed by atoms with Crippen LogP contribution in [-0.4, -0.2) is 48.8 Å². The lowest BCUT2D eigenvalue weighted by Crippen LogP contribution is -2.24. The SMILES string of the molecule is CCCCN(C=O)CCCC.CN1CCCC1=O. The van der Waals surface area contributed by atoms with Crippen molar-refractivity contribution in [2.24, 2.45) is 0 Å². The number of unbranched alkanes of at least 4 members (excludes halogenated alkanes) is 2. The number of likely N-dealkylation sites (tertiary alicyclic amines) is 1.